The molecule has 2 fully saturated rings. The van der Waals surface area contributed by atoms with E-state index in [1.54, 1.807) is 11.1 Å². The van der Waals surface area contributed by atoms with Crippen molar-refractivity contribution in [3.63, 3.8) is 0 Å². The van der Waals surface area contributed by atoms with Crippen LogP contribution in [0.25, 0.3) is 10.9 Å². The lowest BCUT2D eigenvalue weighted by atomic mass is 9.85. The highest BCUT2D eigenvalue weighted by Crippen LogP contribution is 2.36. The molecule has 2 N–H and O–H groups in total. The van der Waals surface area contributed by atoms with Gasteiger partial charge in [-0.1, -0.05) is 54.6 Å². The first kappa shape index (κ1) is 34.4. The summed E-state index contributed by atoms with van der Waals surface area (Å²) in [6, 6.07) is 11.9. The number of piperidine rings is 1. The number of para-hydroxylation sites is 1. The van der Waals surface area contributed by atoms with Crippen molar-refractivity contribution >= 4 is 28.4 Å². The number of piperazine rings is 1. The Kier molecular flexibility index (Phi) is 9.67. The van der Waals surface area contributed by atoms with E-state index >= 15 is 0 Å². The van der Waals surface area contributed by atoms with E-state index in [0.29, 0.717) is 13.1 Å². The number of hydrogen-bond donors (Lipinski definition) is 2. The van der Waals surface area contributed by atoms with Crippen LogP contribution in [0.2, 0.25) is 0 Å². The van der Waals surface area contributed by atoms with Crippen LogP contribution in [0, 0.1) is 0 Å². The number of hydrogen-bond acceptors (Lipinski definition) is 5. The minimum absolute atomic E-state index is 0.100. The SMILES string of the molecule is O=C(c1ccccc1C(F)(F)F)C1CNC(Cc2c[nH]c3ccccc23)C(C(=O)c2ccccc2C(F)(F)F)N1CC(=O)N1CCCCC1. The van der Waals surface area contributed by atoms with E-state index in [2.05, 4.69) is 10.3 Å². The van der Waals surface area contributed by atoms with Crippen LogP contribution < -0.4 is 5.32 Å². The number of aromatic nitrogens is 1. The van der Waals surface area contributed by atoms with Gasteiger partial charge in [0.15, 0.2) is 11.6 Å². The maximum absolute atomic E-state index is 14.6. The molecule has 0 spiro atoms. The molecule has 6 rings (SSSR count). The number of aromatic amines is 1. The summed E-state index contributed by atoms with van der Waals surface area (Å²) in [6.07, 6.45) is -5.63. The van der Waals surface area contributed by atoms with Crippen LogP contribution in [0.15, 0.2) is 79.0 Å². The van der Waals surface area contributed by atoms with Crippen molar-refractivity contribution < 1.29 is 40.7 Å². The molecule has 3 heterocycles. The number of rotatable bonds is 8. The van der Waals surface area contributed by atoms with E-state index in [1.165, 1.54) is 17.0 Å². The molecule has 0 bridgehead atoms. The average molecular weight is 685 g/mol. The van der Waals surface area contributed by atoms with Crippen LogP contribution in [0.4, 0.5) is 26.3 Å². The zero-order valence-corrected chi connectivity index (χ0v) is 26.3. The number of alkyl halides is 6. The summed E-state index contributed by atoms with van der Waals surface area (Å²) in [5.41, 5.74) is -2.19. The Balaban J connectivity index is 1.48. The van der Waals surface area contributed by atoms with E-state index in [-0.39, 0.29) is 13.0 Å². The van der Waals surface area contributed by atoms with Gasteiger partial charge in [0.2, 0.25) is 5.91 Å². The molecule has 0 radical (unpaired) electrons. The van der Waals surface area contributed by atoms with E-state index in [9.17, 15) is 40.7 Å². The standard InChI is InChI=1S/C36H34F6N4O3/c37-35(38,39)26-13-5-2-11-24(26)33(48)30-20-44-29(18-22-19-43-28-15-7-4-10-23(22)28)32(46(30)21-31(47)45-16-8-1-9-17-45)34(49)25-12-3-6-14-27(25)36(40,41)42/h2-7,10-15,19,29-30,32,43-44H,1,8-9,16-18,20-21H2. The Bertz CT molecular complexity index is 1850. The fraction of sp³-hybridized carbons (Fsp3) is 0.361. The summed E-state index contributed by atoms with van der Waals surface area (Å²) < 4.78 is 85.1. The summed E-state index contributed by atoms with van der Waals surface area (Å²) in [5, 5.41) is 3.94. The van der Waals surface area contributed by atoms with Crippen LogP contribution in [-0.4, -0.2) is 76.6 Å². The van der Waals surface area contributed by atoms with Gasteiger partial charge in [-0.3, -0.25) is 19.3 Å². The van der Waals surface area contributed by atoms with Crippen LogP contribution in [-0.2, 0) is 23.6 Å². The predicted molar refractivity (Wildman–Crippen MR) is 170 cm³/mol. The molecule has 258 valence electrons. The number of halogens is 6. The number of fused-ring (bicyclic) bond motifs is 1. The van der Waals surface area contributed by atoms with Crippen molar-refractivity contribution in [1.29, 1.82) is 0 Å². The van der Waals surface area contributed by atoms with Crippen LogP contribution in [0.5, 0.6) is 0 Å². The number of amides is 1. The monoisotopic (exact) mass is 684 g/mol. The zero-order chi connectivity index (χ0) is 34.9. The van der Waals surface area contributed by atoms with Crippen molar-refractivity contribution in [2.24, 2.45) is 0 Å². The molecule has 1 amide bonds. The highest BCUT2D eigenvalue weighted by molar-refractivity contribution is 6.05. The Morgan fingerprint density at radius 3 is 1.94 bits per heavy atom. The Morgan fingerprint density at radius 1 is 0.735 bits per heavy atom. The van der Waals surface area contributed by atoms with E-state index in [1.807, 2.05) is 24.3 Å². The summed E-state index contributed by atoms with van der Waals surface area (Å²) in [6.45, 7) is 0.0146. The number of nitrogens with zero attached hydrogens (tertiary/aromatic N) is 2. The quantitative estimate of drug-likeness (QED) is 0.163. The molecule has 3 aromatic carbocycles. The lowest BCUT2D eigenvalue weighted by Gasteiger charge is -2.46. The maximum Gasteiger partial charge on any atom is 0.417 e. The predicted octanol–water partition coefficient (Wildman–Crippen LogP) is 6.54. The smallest absolute Gasteiger partial charge is 0.361 e. The van der Waals surface area contributed by atoms with Gasteiger partial charge >= 0.3 is 12.4 Å². The number of H-pyrrole nitrogens is 1. The normalized spacial score (nSPS) is 20.8. The average Bonchev–Trinajstić information content (AvgIpc) is 3.50. The van der Waals surface area contributed by atoms with Gasteiger partial charge in [0, 0.05) is 53.9 Å². The number of ketones is 2. The molecule has 7 nitrogen and oxygen atoms in total. The second-order valence-electron chi connectivity index (χ2n) is 12.5. The first-order chi connectivity index (χ1) is 23.3. The van der Waals surface area contributed by atoms with Gasteiger partial charge in [0.05, 0.1) is 29.8 Å². The second-order valence-corrected chi connectivity index (χ2v) is 12.5. The lowest BCUT2D eigenvalue weighted by Crippen LogP contribution is -2.69. The molecule has 49 heavy (non-hydrogen) atoms. The minimum atomic E-state index is -4.91. The number of likely N-dealkylation sites (tertiary alicyclic amines) is 1. The van der Waals surface area contributed by atoms with Crippen molar-refractivity contribution in [2.45, 2.75) is 56.2 Å². The summed E-state index contributed by atoms with van der Waals surface area (Å²) in [4.78, 5) is 48.5. The highest BCUT2D eigenvalue weighted by atomic mass is 19.4. The van der Waals surface area contributed by atoms with Gasteiger partial charge in [0.25, 0.3) is 0 Å². The molecule has 2 aliphatic heterocycles. The molecule has 0 saturated carbocycles. The molecule has 13 heteroatoms. The second kappa shape index (κ2) is 13.8. The molecule has 3 unspecified atom stereocenters. The number of benzene rings is 3. The zero-order valence-electron chi connectivity index (χ0n) is 26.3. The van der Waals surface area contributed by atoms with Crippen molar-refractivity contribution in [1.82, 2.24) is 20.1 Å². The molecule has 4 aromatic rings. The third-order valence-corrected chi connectivity index (χ3v) is 9.42. The molecule has 0 aliphatic carbocycles. The third-order valence-electron chi connectivity index (χ3n) is 9.42. The summed E-state index contributed by atoms with van der Waals surface area (Å²) in [5.74, 6) is -2.46. The van der Waals surface area contributed by atoms with Crippen molar-refractivity contribution in [3.8, 4) is 0 Å². The van der Waals surface area contributed by atoms with Gasteiger partial charge in [-0.15, -0.1) is 0 Å². The molecule has 1 aromatic heterocycles. The third kappa shape index (κ3) is 7.13. The molecule has 3 atom stereocenters. The van der Waals surface area contributed by atoms with Crippen LogP contribution >= 0.6 is 0 Å². The topological polar surface area (TPSA) is 85.5 Å². The first-order valence-electron chi connectivity index (χ1n) is 16.1. The van der Waals surface area contributed by atoms with Gasteiger partial charge < -0.3 is 15.2 Å². The Hall–Kier alpha value is -4.49. The number of Topliss-reactive ketones (excluding diaryl/α,β-unsaturated/α-hetero) is 2. The van der Waals surface area contributed by atoms with Gasteiger partial charge in [-0.2, -0.15) is 26.3 Å². The van der Waals surface area contributed by atoms with E-state index in [0.717, 1.165) is 72.1 Å². The van der Waals surface area contributed by atoms with Gasteiger partial charge in [0.1, 0.15) is 0 Å². The molecular formula is C36H34F6N4O3. The van der Waals surface area contributed by atoms with Crippen molar-refractivity contribution in [3.05, 3.63) is 107 Å². The first-order valence-corrected chi connectivity index (χ1v) is 16.1. The number of carbonyl (C=O) groups is 3. The minimum Gasteiger partial charge on any atom is -0.361 e. The summed E-state index contributed by atoms with van der Waals surface area (Å²) >= 11 is 0. The van der Waals surface area contributed by atoms with Crippen LogP contribution in [0.1, 0.15) is 56.7 Å². The lowest BCUT2D eigenvalue weighted by molar-refractivity contribution is -0.138. The Morgan fingerprint density at radius 2 is 1.31 bits per heavy atom. The molecule has 2 saturated heterocycles. The molecule has 2 aliphatic rings. The fourth-order valence-electron chi connectivity index (χ4n) is 7.05. The van der Waals surface area contributed by atoms with Gasteiger partial charge in [-0.05, 0) is 49.4 Å². The van der Waals surface area contributed by atoms with E-state index < -0.39 is 76.8 Å². The number of nitrogens with one attached hydrogen (secondary N) is 2. The van der Waals surface area contributed by atoms with E-state index in [4.69, 9.17) is 0 Å². The van der Waals surface area contributed by atoms with Gasteiger partial charge in [-0.25, -0.2) is 0 Å². The van der Waals surface area contributed by atoms with Crippen molar-refractivity contribution in [2.75, 3.05) is 26.2 Å². The summed E-state index contributed by atoms with van der Waals surface area (Å²) in [7, 11) is 0. The largest absolute Gasteiger partial charge is 0.417 e. The fourth-order valence-corrected chi connectivity index (χ4v) is 7.05. The number of carbonyl (C=O) groups excluding carboxylic acids is 3. The maximum atomic E-state index is 14.6. The molecular weight excluding hydrogens is 650 g/mol. The Labute approximate surface area is 278 Å². The van der Waals surface area contributed by atoms with Crippen LogP contribution in [0.3, 0.4) is 0 Å². The highest BCUT2D eigenvalue weighted by Gasteiger charge is 2.48.